The minimum atomic E-state index is -0.206. The lowest BCUT2D eigenvalue weighted by Gasteiger charge is -2.36. The molecule has 1 amide bonds. The smallest absolute Gasteiger partial charge is 0.271 e. The van der Waals surface area contributed by atoms with Gasteiger partial charge in [0.15, 0.2) is 0 Å². The Morgan fingerprint density at radius 2 is 1.51 bits per heavy atom. The normalized spacial score (nSPS) is 14.9. The first kappa shape index (κ1) is 26.4. The molecule has 3 aromatic carbocycles. The monoisotopic (exact) mass is 498 g/mol. The molecule has 0 unspecified atom stereocenters. The van der Waals surface area contributed by atoms with Gasteiger partial charge < -0.3 is 9.64 Å². The van der Waals surface area contributed by atoms with Crippen LogP contribution in [0.1, 0.15) is 54.7 Å². The average molecular weight is 499 g/mol. The summed E-state index contributed by atoms with van der Waals surface area (Å²) in [6, 6.07) is 24.3. The number of nitrogens with one attached hydrogen (secondary N) is 1. The number of hydrazone groups is 1. The van der Waals surface area contributed by atoms with E-state index in [1.54, 1.807) is 7.11 Å². The molecule has 194 valence electrons. The van der Waals surface area contributed by atoms with Crippen LogP contribution in [0.25, 0.3) is 0 Å². The van der Waals surface area contributed by atoms with Gasteiger partial charge in [-0.25, -0.2) is 5.43 Å². The molecular weight excluding hydrogens is 460 g/mol. The Morgan fingerprint density at radius 1 is 0.892 bits per heavy atom. The molecule has 0 bridgehead atoms. The highest BCUT2D eigenvalue weighted by Gasteiger charge is 2.20. The molecule has 3 aromatic rings. The van der Waals surface area contributed by atoms with E-state index in [2.05, 4.69) is 77.5 Å². The number of hydrogen-bond acceptors (Lipinski definition) is 5. The number of carbonyl (C=O) groups excluding carboxylic acids is 1. The Balaban J connectivity index is 1.28. The summed E-state index contributed by atoms with van der Waals surface area (Å²) in [5.41, 5.74) is 8.79. The van der Waals surface area contributed by atoms with E-state index in [0.717, 1.165) is 55.4 Å². The molecule has 1 aliphatic heterocycles. The Labute approximate surface area is 220 Å². The van der Waals surface area contributed by atoms with E-state index in [1.807, 2.05) is 43.3 Å². The van der Waals surface area contributed by atoms with Crippen LogP contribution in [0.3, 0.4) is 0 Å². The van der Waals surface area contributed by atoms with E-state index in [-0.39, 0.29) is 11.3 Å². The fourth-order valence-corrected chi connectivity index (χ4v) is 4.53. The predicted molar refractivity (Wildman–Crippen MR) is 152 cm³/mol. The molecular formula is C31H38N4O2. The average Bonchev–Trinajstić information content (AvgIpc) is 2.92. The number of nitrogens with zero attached hydrogens (tertiary/aromatic N) is 3. The molecule has 1 heterocycles. The molecule has 37 heavy (non-hydrogen) atoms. The van der Waals surface area contributed by atoms with Gasteiger partial charge in [0.1, 0.15) is 5.75 Å². The van der Waals surface area contributed by atoms with Crippen LogP contribution in [0.4, 0.5) is 5.69 Å². The van der Waals surface area contributed by atoms with E-state index in [0.29, 0.717) is 5.56 Å². The van der Waals surface area contributed by atoms with Crippen LogP contribution < -0.4 is 15.1 Å². The minimum absolute atomic E-state index is 0.106. The lowest BCUT2D eigenvalue weighted by molar-refractivity contribution is 0.0955. The maximum Gasteiger partial charge on any atom is 0.271 e. The van der Waals surface area contributed by atoms with Crippen molar-refractivity contribution in [2.45, 2.75) is 39.7 Å². The van der Waals surface area contributed by atoms with Crippen LogP contribution in [-0.2, 0) is 12.0 Å². The number of rotatable bonds is 7. The summed E-state index contributed by atoms with van der Waals surface area (Å²) in [5.74, 6) is 0.713. The Morgan fingerprint density at radius 3 is 2.14 bits per heavy atom. The van der Waals surface area contributed by atoms with Crippen molar-refractivity contribution in [2.24, 2.45) is 5.10 Å². The number of benzene rings is 3. The highest BCUT2D eigenvalue weighted by Crippen LogP contribution is 2.28. The molecule has 1 aliphatic rings. The maximum absolute atomic E-state index is 12.6. The fraction of sp³-hybridized carbons (Fsp3) is 0.355. The zero-order valence-corrected chi connectivity index (χ0v) is 22.6. The molecule has 6 heteroatoms. The van der Waals surface area contributed by atoms with Crippen molar-refractivity contribution in [3.63, 3.8) is 0 Å². The summed E-state index contributed by atoms with van der Waals surface area (Å²) < 4.78 is 5.52. The fourth-order valence-electron chi connectivity index (χ4n) is 4.53. The topological polar surface area (TPSA) is 57.2 Å². The first-order valence-electron chi connectivity index (χ1n) is 12.9. The SMILES string of the molecule is COc1ccccc1N1CCN(Cc2ccc(C(=O)N/N=C(/C)c3ccc(C(C)(C)C)cc3)cc2)CC1. The third-order valence-electron chi connectivity index (χ3n) is 6.91. The number of piperazine rings is 1. The number of anilines is 1. The van der Waals surface area contributed by atoms with Crippen molar-refractivity contribution < 1.29 is 9.53 Å². The molecule has 0 aliphatic carbocycles. The van der Waals surface area contributed by atoms with E-state index < -0.39 is 0 Å². The molecule has 0 atom stereocenters. The van der Waals surface area contributed by atoms with Crippen LogP contribution in [0.2, 0.25) is 0 Å². The summed E-state index contributed by atoms with van der Waals surface area (Å²) >= 11 is 0. The number of para-hydroxylation sites is 2. The van der Waals surface area contributed by atoms with Crippen molar-refractivity contribution in [3.8, 4) is 5.75 Å². The zero-order chi connectivity index (χ0) is 26.4. The summed E-state index contributed by atoms with van der Waals surface area (Å²) in [6.45, 7) is 13.2. The van der Waals surface area contributed by atoms with Gasteiger partial charge in [-0.15, -0.1) is 0 Å². The number of amides is 1. The molecule has 1 N–H and O–H groups in total. The largest absolute Gasteiger partial charge is 0.495 e. The third-order valence-corrected chi connectivity index (χ3v) is 6.91. The van der Waals surface area contributed by atoms with E-state index >= 15 is 0 Å². The highest BCUT2D eigenvalue weighted by molar-refractivity contribution is 6.00. The van der Waals surface area contributed by atoms with Gasteiger partial charge in [0.25, 0.3) is 5.91 Å². The lowest BCUT2D eigenvalue weighted by Crippen LogP contribution is -2.46. The molecule has 4 rings (SSSR count). The first-order chi connectivity index (χ1) is 17.7. The Bertz CT molecular complexity index is 1220. The van der Waals surface area contributed by atoms with Crippen LogP contribution in [-0.4, -0.2) is 49.8 Å². The number of methoxy groups -OCH3 is 1. The maximum atomic E-state index is 12.6. The molecule has 1 fully saturated rings. The van der Waals surface area contributed by atoms with Gasteiger partial charge in [-0.05, 0) is 53.3 Å². The van der Waals surface area contributed by atoms with Gasteiger partial charge in [-0.3, -0.25) is 9.69 Å². The van der Waals surface area contributed by atoms with Crippen LogP contribution in [0, 0.1) is 0 Å². The summed E-state index contributed by atoms with van der Waals surface area (Å²) in [5, 5.41) is 4.32. The van der Waals surface area contributed by atoms with E-state index in [1.165, 1.54) is 11.1 Å². The standard InChI is InChI=1S/C31H38N4O2/c1-23(25-14-16-27(17-15-25)31(2,3)4)32-33-30(36)26-12-10-24(11-13-26)22-34-18-20-35(21-19-34)28-8-6-7-9-29(28)37-5/h6-17H,18-22H2,1-5H3,(H,33,36)/b32-23-. The van der Waals surface area contributed by atoms with Crippen molar-refractivity contribution in [1.82, 2.24) is 10.3 Å². The third kappa shape index (κ3) is 6.77. The number of carbonyl (C=O) groups is 1. The lowest BCUT2D eigenvalue weighted by atomic mass is 9.86. The molecule has 0 spiro atoms. The predicted octanol–water partition coefficient (Wildman–Crippen LogP) is 5.47. The van der Waals surface area contributed by atoms with Gasteiger partial charge in [-0.2, -0.15) is 5.10 Å². The van der Waals surface area contributed by atoms with Crippen LogP contribution >= 0.6 is 0 Å². The van der Waals surface area contributed by atoms with Crippen molar-refractivity contribution in [3.05, 3.63) is 95.1 Å². The second-order valence-corrected chi connectivity index (χ2v) is 10.6. The van der Waals surface area contributed by atoms with Gasteiger partial charge in [0.05, 0.1) is 18.5 Å². The molecule has 0 saturated carbocycles. The van der Waals surface area contributed by atoms with Gasteiger partial charge in [-0.1, -0.05) is 69.3 Å². The number of hydrogen-bond donors (Lipinski definition) is 1. The Hall–Kier alpha value is -3.64. The minimum Gasteiger partial charge on any atom is -0.495 e. The Kier molecular flexibility index (Phi) is 8.29. The molecule has 0 aromatic heterocycles. The second kappa shape index (κ2) is 11.6. The highest BCUT2D eigenvalue weighted by atomic mass is 16.5. The second-order valence-electron chi connectivity index (χ2n) is 10.6. The summed E-state index contributed by atoms with van der Waals surface area (Å²) in [6.07, 6.45) is 0. The molecule has 6 nitrogen and oxygen atoms in total. The van der Waals surface area contributed by atoms with Gasteiger partial charge >= 0.3 is 0 Å². The van der Waals surface area contributed by atoms with Crippen LogP contribution in [0.5, 0.6) is 5.75 Å². The molecule has 0 radical (unpaired) electrons. The van der Waals surface area contributed by atoms with Crippen molar-refractivity contribution in [1.29, 1.82) is 0 Å². The summed E-state index contributed by atoms with van der Waals surface area (Å²) in [7, 11) is 1.72. The van der Waals surface area contributed by atoms with E-state index in [9.17, 15) is 4.79 Å². The van der Waals surface area contributed by atoms with E-state index in [4.69, 9.17) is 4.74 Å². The summed E-state index contributed by atoms with van der Waals surface area (Å²) in [4.78, 5) is 17.5. The first-order valence-corrected chi connectivity index (χ1v) is 12.9. The van der Waals surface area contributed by atoms with Crippen molar-refractivity contribution in [2.75, 3.05) is 38.2 Å². The van der Waals surface area contributed by atoms with Crippen molar-refractivity contribution >= 4 is 17.3 Å². The molecule has 1 saturated heterocycles. The quantitative estimate of drug-likeness (QED) is 0.347. The van der Waals surface area contributed by atoms with Crippen LogP contribution in [0.15, 0.2) is 77.9 Å². The number of ether oxygens (including phenoxy) is 1. The van der Waals surface area contributed by atoms with Gasteiger partial charge in [0.2, 0.25) is 0 Å². The van der Waals surface area contributed by atoms with Gasteiger partial charge in [0, 0.05) is 38.3 Å². The zero-order valence-electron chi connectivity index (χ0n) is 22.6.